The zero-order valence-electron chi connectivity index (χ0n) is 10.9. The molecule has 0 radical (unpaired) electrons. The van der Waals surface area contributed by atoms with E-state index in [4.69, 9.17) is 5.11 Å². The molecule has 21 heavy (non-hydrogen) atoms. The van der Waals surface area contributed by atoms with E-state index in [9.17, 15) is 14.0 Å². The number of carboxylic acid groups (broad SMARTS) is 1. The fraction of sp³-hybridized carbons (Fsp3) is 0. The van der Waals surface area contributed by atoms with Crippen molar-refractivity contribution in [1.29, 1.82) is 0 Å². The SMILES string of the molecule is O=C(O)C=Cc1ccc(F)c(C(=O)Nc2ccccc2)c1. The Kier molecular flexibility index (Phi) is 4.46. The molecule has 2 N–H and O–H groups in total. The Morgan fingerprint density at radius 3 is 2.48 bits per heavy atom. The summed E-state index contributed by atoms with van der Waals surface area (Å²) in [5, 5.41) is 11.1. The lowest BCUT2D eigenvalue weighted by atomic mass is 10.1. The fourth-order valence-corrected chi connectivity index (χ4v) is 1.71. The van der Waals surface area contributed by atoms with E-state index < -0.39 is 17.7 Å². The van der Waals surface area contributed by atoms with Crippen molar-refractivity contribution in [3.8, 4) is 0 Å². The molecule has 0 saturated carbocycles. The van der Waals surface area contributed by atoms with Crippen LogP contribution >= 0.6 is 0 Å². The van der Waals surface area contributed by atoms with Gasteiger partial charge in [0.15, 0.2) is 0 Å². The van der Waals surface area contributed by atoms with Crippen LogP contribution in [0.15, 0.2) is 54.6 Å². The van der Waals surface area contributed by atoms with Crippen molar-refractivity contribution < 1.29 is 19.1 Å². The number of nitrogens with one attached hydrogen (secondary N) is 1. The number of rotatable bonds is 4. The molecule has 0 atom stereocenters. The monoisotopic (exact) mass is 285 g/mol. The van der Waals surface area contributed by atoms with Gasteiger partial charge in [-0.2, -0.15) is 0 Å². The molecule has 0 bridgehead atoms. The van der Waals surface area contributed by atoms with Crippen molar-refractivity contribution in [2.75, 3.05) is 5.32 Å². The molecule has 0 fully saturated rings. The number of carbonyl (C=O) groups is 2. The Bertz CT molecular complexity index is 696. The van der Waals surface area contributed by atoms with E-state index in [1.165, 1.54) is 18.2 Å². The molecule has 0 heterocycles. The topological polar surface area (TPSA) is 66.4 Å². The number of hydrogen-bond donors (Lipinski definition) is 2. The molecule has 4 nitrogen and oxygen atoms in total. The van der Waals surface area contributed by atoms with E-state index in [0.717, 1.165) is 12.1 Å². The number of aliphatic carboxylic acids is 1. The molecular weight excluding hydrogens is 273 g/mol. The summed E-state index contributed by atoms with van der Waals surface area (Å²) in [7, 11) is 0. The maximum Gasteiger partial charge on any atom is 0.328 e. The van der Waals surface area contributed by atoms with Gasteiger partial charge in [-0.05, 0) is 35.9 Å². The number of amides is 1. The zero-order chi connectivity index (χ0) is 15.2. The Morgan fingerprint density at radius 2 is 1.81 bits per heavy atom. The van der Waals surface area contributed by atoms with Crippen molar-refractivity contribution in [2.45, 2.75) is 0 Å². The molecule has 106 valence electrons. The first-order chi connectivity index (χ1) is 10.1. The Morgan fingerprint density at radius 1 is 1.10 bits per heavy atom. The summed E-state index contributed by atoms with van der Waals surface area (Å²) in [5.74, 6) is -2.38. The van der Waals surface area contributed by atoms with E-state index in [1.807, 2.05) is 0 Å². The van der Waals surface area contributed by atoms with Gasteiger partial charge in [0.05, 0.1) is 5.56 Å². The van der Waals surface area contributed by atoms with Gasteiger partial charge in [0.2, 0.25) is 0 Å². The third-order valence-corrected chi connectivity index (χ3v) is 2.69. The molecule has 1 amide bonds. The molecule has 2 aromatic carbocycles. The van der Waals surface area contributed by atoms with Crippen molar-refractivity contribution >= 4 is 23.6 Å². The molecule has 2 aromatic rings. The van der Waals surface area contributed by atoms with E-state index in [0.29, 0.717) is 11.3 Å². The van der Waals surface area contributed by atoms with Crippen LogP contribution in [0, 0.1) is 5.82 Å². The van der Waals surface area contributed by atoms with Crippen molar-refractivity contribution in [3.63, 3.8) is 0 Å². The minimum absolute atomic E-state index is 0.147. The van der Waals surface area contributed by atoms with Gasteiger partial charge < -0.3 is 10.4 Å². The molecule has 0 aliphatic heterocycles. The second-order valence-corrected chi connectivity index (χ2v) is 4.23. The lowest BCUT2D eigenvalue weighted by Gasteiger charge is -2.06. The van der Waals surface area contributed by atoms with Gasteiger partial charge in [0, 0.05) is 11.8 Å². The lowest BCUT2D eigenvalue weighted by Crippen LogP contribution is -2.13. The van der Waals surface area contributed by atoms with Gasteiger partial charge in [0.25, 0.3) is 5.91 Å². The van der Waals surface area contributed by atoms with Crippen molar-refractivity contribution in [3.05, 3.63) is 71.6 Å². The largest absolute Gasteiger partial charge is 0.478 e. The summed E-state index contributed by atoms with van der Waals surface area (Å²) in [4.78, 5) is 22.5. The average Bonchev–Trinajstić information content (AvgIpc) is 2.47. The minimum Gasteiger partial charge on any atom is -0.478 e. The highest BCUT2D eigenvalue weighted by molar-refractivity contribution is 6.04. The number of carbonyl (C=O) groups excluding carboxylic acids is 1. The second-order valence-electron chi connectivity index (χ2n) is 4.23. The molecule has 2 rings (SSSR count). The first kappa shape index (κ1) is 14.5. The van der Waals surface area contributed by atoms with E-state index >= 15 is 0 Å². The highest BCUT2D eigenvalue weighted by atomic mass is 19.1. The van der Waals surface area contributed by atoms with Gasteiger partial charge >= 0.3 is 5.97 Å². The number of hydrogen-bond acceptors (Lipinski definition) is 2. The smallest absolute Gasteiger partial charge is 0.328 e. The summed E-state index contributed by atoms with van der Waals surface area (Å²) < 4.78 is 13.7. The predicted octanol–water partition coefficient (Wildman–Crippen LogP) is 3.18. The van der Waals surface area contributed by atoms with E-state index in [-0.39, 0.29) is 5.56 Å². The van der Waals surface area contributed by atoms with Crippen molar-refractivity contribution in [1.82, 2.24) is 0 Å². The van der Waals surface area contributed by atoms with Crippen LogP contribution < -0.4 is 5.32 Å². The first-order valence-electron chi connectivity index (χ1n) is 6.13. The van der Waals surface area contributed by atoms with Gasteiger partial charge in [-0.1, -0.05) is 24.3 Å². The maximum atomic E-state index is 13.7. The summed E-state index contributed by atoms with van der Waals surface area (Å²) in [6.45, 7) is 0. The Hall–Kier alpha value is -2.95. The zero-order valence-corrected chi connectivity index (χ0v) is 10.9. The van der Waals surface area contributed by atoms with Crippen LogP contribution in [0.25, 0.3) is 6.08 Å². The van der Waals surface area contributed by atoms with Crippen LogP contribution in [0.3, 0.4) is 0 Å². The van der Waals surface area contributed by atoms with Crippen LogP contribution in [0.2, 0.25) is 0 Å². The number of anilines is 1. The van der Waals surface area contributed by atoms with E-state index in [1.54, 1.807) is 30.3 Å². The second kappa shape index (κ2) is 6.47. The highest BCUT2D eigenvalue weighted by Crippen LogP contribution is 2.15. The molecule has 0 spiro atoms. The quantitative estimate of drug-likeness (QED) is 0.848. The van der Waals surface area contributed by atoms with Gasteiger partial charge in [-0.25, -0.2) is 9.18 Å². The summed E-state index contributed by atoms with van der Waals surface area (Å²) in [5.41, 5.74) is 0.830. The standard InChI is InChI=1S/C16H12FNO3/c17-14-8-6-11(7-9-15(19)20)10-13(14)16(21)18-12-4-2-1-3-5-12/h1-10H,(H,18,21)(H,19,20). The van der Waals surface area contributed by atoms with Gasteiger partial charge in [0.1, 0.15) is 5.82 Å². The summed E-state index contributed by atoms with van der Waals surface area (Å²) in [6, 6.07) is 12.5. The minimum atomic E-state index is -1.12. The highest BCUT2D eigenvalue weighted by Gasteiger charge is 2.12. The first-order valence-corrected chi connectivity index (χ1v) is 6.13. The molecule has 0 aromatic heterocycles. The lowest BCUT2D eigenvalue weighted by molar-refractivity contribution is -0.131. The number of carboxylic acids is 1. The predicted molar refractivity (Wildman–Crippen MR) is 77.5 cm³/mol. The summed E-state index contributed by atoms with van der Waals surface area (Å²) in [6.07, 6.45) is 2.22. The van der Waals surface area contributed by atoms with Crippen LogP contribution in [0.5, 0.6) is 0 Å². The van der Waals surface area contributed by atoms with Crippen molar-refractivity contribution in [2.24, 2.45) is 0 Å². The molecular formula is C16H12FNO3. The molecule has 0 aliphatic carbocycles. The Balaban J connectivity index is 2.24. The molecule has 5 heteroatoms. The Labute approximate surface area is 120 Å². The number of para-hydroxylation sites is 1. The van der Waals surface area contributed by atoms with Crippen LogP contribution in [0.1, 0.15) is 15.9 Å². The average molecular weight is 285 g/mol. The van der Waals surface area contributed by atoms with Crippen LogP contribution in [0.4, 0.5) is 10.1 Å². The fourth-order valence-electron chi connectivity index (χ4n) is 1.71. The number of halogens is 1. The molecule has 0 aliphatic rings. The van der Waals surface area contributed by atoms with Gasteiger partial charge in [-0.15, -0.1) is 0 Å². The molecule has 0 saturated heterocycles. The third kappa shape index (κ3) is 4.01. The van der Waals surface area contributed by atoms with E-state index in [2.05, 4.69) is 5.32 Å². The summed E-state index contributed by atoms with van der Waals surface area (Å²) >= 11 is 0. The third-order valence-electron chi connectivity index (χ3n) is 2.69. The van der Waals surface area contributed by atoms with Gasteiger partial charge in [-0.3, -0.25) is 4.79 Å². The van der Waals surface area contributed by atoms with Crippen LogP contribution in [-0.4, -0.2) is 17.0 Å². The maximum absolute atomic E-state index is 13.7. The number of benzene rings is 2. The van der Waals surface area contributed by atoms with Crippen LogP contribution in [-0.2, 0) is 4.79 Å². The molecule has 0 unspecified atom stereocenters. The normalized spacial score (nSPS) is 10.5.